The minimum absolute atomic E-state index is 0.376. The summed E-state index contributed by atoms with van der Waals surface area (Å²) in [7, 11) is -1.90. The van der Waals surface area contributed by atoms with Crippen LogP contribution in [0.25, 0.3) is 0 Å². The first kappa shape index (κ1) is 16.0. The Bertz CT molecular complexity index is 708. The van der Waals surface area contributed by atoms with Gasteiger partial charge in [-0.1, -0.05) is 25.1 Å². The molecule has 0 unspecified atom stereocenters. The third-order valence-electron chi connectivity index (χ3n) is 3.28. The SMILES string of the molecule is CCNCc1csc(S(=O)(=O)N(C)c2ccccc2C)c1. The molecule has 114 valence electrons. The quantitative estimate of drug-likeness (QED) is 0.888. The van der Waals surface area contributed by atoms with E-state index in [1.165, 1.54) is 15.6 Å². The first-order chi connectivity index (χ1) is 9.96. The van der Waals surface area contributed by atoms with Gasteiger partial charge in [-0.05, 0) is 42.1 Å². The van der Waals surface area contributed by atoms with Crippen LogP contribution in [0.4, 0.5) is 5.69 Å². The van der Waals surface area contributed by atoms with Crippen molar-refractivity contribution in [3.63, 3.8) is 0 Å². The van der Waals surface area contributed by atoms with Gasteiger partial charge in [0.1, 0.15) is 4.21 Å². The Morgan fingerprint density at radius 3 is 2.67 bits per heavy atom. The Labute approximate surface area is 130 Å². The van der Waals surface area contributed by atoms with Gasteiger partial charge < -0.3 is 5.32 Å². The van der Waals surface area contributed by atoms with E-state index in [0.29, 0.717) is 16.4 Å². The van der Waals surface area contributed by atoms with E-state index < -0.39 is 10.0 Å². The van der Waals surface area contributed by atoms with Crippen LogP contribution >= 0.6 is 11.3 Å². The van der Waals surface area contributed by atoms with Crippen molar-refractivity contribution in [1.82, 2.24) is 5.32 Å². The number of aryl methyl sites for hydroxylation is 1. The number of para-hydroxylation sites is 1. The molecule has 0 radical (unpaired) electrons. The second-order valence-corrected chi connectivity index (χ2v) is 7.92. The van der Waals surface area contributed by atoms with Gasteiger partial charge in [-0.25, -0.2) is 8.42 Å². The van der Waals surface area contributed by atoms with Crippen LogP contribution in [0, 0.1) is 6.92 Å². The van der Waals surface area contributed by atoms with E-state index in [1.807, 2.05) is 43.5 Å². The van der Waals surface area contributed by atoms with Gasteiger partial charge in [-0.2, -0.15) is 0 Å². The zero-order valence-electron chi connectivity index (χ0n) is 12.5. The third-order valence-corrected chi connectivity index (χ3v) is 6.51. The number of hydrogen-bond donors (Lipinski definition) is 1. The molecule has 0 atom stereocenters. The lowest BCUT2D eigenvalue weighted by Gasteiger charge is -2.20. The highest BCUT2D eigenvalue weighted by Crippen LogP contribution is 2.28. The van der Waals surface area contributed by atoms with Crippen LogP contribution in [0.2, 0.25) is 0 Å². The molecule has 1 heterocycles. The van der Waals surface area contributed by atoms with Crippen molar-refractivity contribution in [3.8, 4) is 0 Å². The number of nitrogens with zero attached hydrogens (tertiary/aromatic N) is 1. The van der Waals surface area contributed by atoms with E-state index in [0.717, 1.165) is 17.7 Å². The molecule has 21 heavy (non-hydrogen) atoms. The number of benzene rings is 1. The van der Waals surface area contributed by atoms with Gasteiger partial charge in [0.15, 0.2) is 0 Å². The maximum atomic E-state index is 12.7. The molecule has 0 saturated carbocycles. The molecule has 0 amide bonds. The summed E-state index contributed by atoms with van der Waals surface area (Å²) in [5, 5.41) is 5.09. The highest BCUT2D eigenvalue weighted by atomic mass is 32.2. The Kier molecular flexibility index (Phi) is 5.03. The van der Waals surface area contributed by atoms with Gasteiger partial charge in [-0.15, -0.1) is 11.3 Å². The largest absolute Gasteiger partial charge is 0.313 e. The summed E-state index contributed by atoms with van der Waals surface area (Å²) in [6.45, 7) is 5.49. The first-order valence-corrected chi connectivity index (χ1v) is 9.11. The standard InChI is InChI=1S/C15H20N2O2S2/c1-4-16-10-13-9-15(20-11-13)21(18,19)17(3)14-8-6-5-7-12(14)2/h5-9,11,16H,4,10H2,1-3H3. The minimum Gasteiger partial charge on any atom is -0.313 e. The molecule has 2 aromatic rings. The average Bonchev–Trinajstić information content (AvgIpc) is 2.94. The van der Waals surface area contributed by atoms with Gasteiger partial charge in [0, 0.05) is 13.6 Å². The lowest BCUT2D eigenvalue weighted by molar-refractivity contribution is 0.596. The number of sulfonamides is 1. The summed E-state index contributed by atoms with van der Waals surface area (Å²) >= 11 is 1.27. The Morgan fingerprint density at radius 2 is 2.00 bits per heavy atom. The molecule has 0 fully saturated rings. The van der Waals surface area contributed by atoms with Crippen molar-refractivity contribution in [3.05, 3.63) is 46.8 Å². The molecule has 0 aliphatic heterocycles. The second-order valence-electron chi connectivity index (χ2n) is 4.81. The topological polar surface area (TPSA) is 49.4 Å². The number of nitrogens with one attached hydrogen (secondary N) is 1. The van der Waals surface area contributed by atoms with Gasteiger partial charge in [0.25, 0.3) is 10.0 Å². The summed E-state index contributed by atoms with van der Waals surface area (Å²) in [6.07, 6.45) is 0. The van der Waals surface area contributed by atoms with Gasteiger partial charge in [-0.3, -0.25) is 4.31 Å². The molecule has 0 spiro atoms. The predicted octanol–water partition coefficient (Wildman–Crippen LogP) is 2.99. The van der Waals surface area contributed by atoms with E-state index in [4.69, 9.17) is 0 Å². The highest BCUT2D eigenvalue weighted by Gasteiger charge is 2.24. The molecule has 0 bridgehead atoms. The normalized spacial score (nSPS) is 11.6. The minimum atomic E-state index is -3.49. The first-order valence-electron chi connectivity index (χ1n) is 6.79. The van der Waals surface area contributed by atoms with Crippen molar-refractivity contribution >= 4 is 27.0 Å². The van der Waals surface area contributed by atoms with E-state index in [9.17, 15) is 8.42 Å². The Morgan fingerprint density at radius 1 is 1.29 bits per heavy atom. The summed E-state index contributed by atoms with van der Waals surface area (Å²) < 4.78 is 27.1. The van der Waals surface area contributed by atoms with Gasteiger partial charge in [0.05, 0.1) is 5.69 Å². The van der Waals surface area contributed by atoms with Crippen LogP contribution in [-0.4, -0.2) is 22.0 Å². The van der Waals surface area contributed by atoms with Crippen LogP contribution in [-0.2, 0) is 16.6 Å². The molecule has 2 rings (SSSR count). The van der Waals surface area contributed by atoms with Gasteiger partial charge in [0.2, 0.25) is 0 Å². The molecular formula is C15H20N2O2S2. The molecule has 6 heteroatoms. The van der Waals surface area contributed by atoms with Crippen molar-refractivity contribution in [2.24, 2.45) is 0 Å². The maximum Gasteiger partial charge on any atom is 0.273 e. The molecule has 0 saturated heterocycles. The average molecular weight is 324 g/mol. The smallest absolute Gasteiger partial charge is 0.273 e. The third kappa shape index (κ3) is 3.45. The lowest BCUT2D eigenvalue weighted by atomic mass is 10.2. The van der Waals surface area contributed by atoms with Gasteiger partial charge >= 0.3 is 0 Å². The van der Waals surface area contributed by atoms with Crippen LogP contribution < -0.4 is 9.62 Å². The summed E-state index contributed by atoms with van der Waals surface area (Å²) in [5.41, 5.74) is 2.64. The van der Waals surface area contributed by atoms with Crippen molar-refractivity contribution in [2.75, 3.05) is 17.9 Å². The predicted molar refractivity (Wildman–Crippen MR) is 88.5 cm³/mol. The molecule has 1 N–H and O–H groups in total. The molecule has 1 aromatic heterocycles. The fraction of sp³-hybridized carbons (Fsp3) is 0.333. The van der Waals surface area contributed by atoms with E-state index in [-0.39, 0.29) is 0 Å². The van der Waals surface area contributed by atoms with Crippen molar-refractivity contribution < 1.29 is 8.42 Å². The van der Waals surface area contributed by atoms with Crippen LogP contribution in [0.15, 0.2) is 39.9 Å². The molecule has 4 nitrogen and oxygen atoms in total. The number of hydrogen-bond acceptors (Lipinski definition) is 4. The lowest BCUT2D eigenvalue weighted by Crippen LogP contribution is -2.26. The maximum absolute atomic E-state index is 12.7. The van der Waals surface area contributed by atoms with Crippen molar-refractivity contribution in [1.29, 1.82) is 0 Å². The number of anilines is 1. The highest BCUT2D eigenvalue weighted by molar-refractivity contribution is 7.94. The fourth-order valence-electron chi connectivity index (χ4n) is 2.03. The van der Waals surface area contributed by atoms with E-state index >= 15 is 0 Å². The van der Waals surface area contributed by atoms with Crippen LogP contribution in [0.5, 0.6) is 0 Å². The molecule has 0 aliphatic carbocycles. The van der Waals surface area contributed by atoms with Crippen molar-refractivity contribution in [2.45, 2.75) is 24.6 Å². The van der Waals surface area contributed by atoms with E-state index in [1.54, 1.807) is 13.1 Å². The van der Waals surface area contributed by atoms with Crippen LogP contribution in [0.1, 0.15) is 18.1 Å². The second kappa shape index (κ2) is 6.60. The summed E-state index contributed by atoms with van der Waals surface area (Å²) in [6, 6.07) is 9.22. The Hall–Kier alpha value is -1.37. The molecule has 1 aromatic carbocycles. The zero-order valence-corrected chi connectivity index (χ0v) is 14.1. The summed E-state index contributed by atoms with van der Waals surface area (Å²) in [4.78, 5) is 0. The monoisotopic (exact) mass is 324 g/mol. The molecule has 0 aliphatic rings. The number of rotatable bonds is 6. The zero-order chi connectivity index (χ0) is 15.5. The fourth-order valence-corrected chi connectivity index (χ4v) is 4.67. The number of thiophene rings is 1. The molecular weight excluding hydrogens is 304 g/mol. The van der Waals surface area contributed by atoms with E-state index in [2.05, 4.69) is 5.32 Å². The summed E-state index contributed by atoms with van der Waals surface area (Å²) in [5.74, 6) is 0. The van der Waals surface area contributed by atoms with Crippen LogP contribution in [0.3, 0.4) is 0 Å². The Balaban J connectivity index is 2.29.